The van der Waals surface area contributed by atoms with E-state index in [0.717, 1.165) is 12.1 Å². The van der Waals surface area contributed by atoms with Gasteiger partial charge in [0.1, 0.15) is 18.1 Å². The average Bonchev–Trinajstić information content (AvgIpc) is 3.28. The molecule has 0 aliphatic rings. The SMILES string of the molecule is CCCN(CC(=O)Nc1ccccc1OC)C(=O)c1ccc(-c2cccc(C(F)(F)F)c2)o1. The second kappa shape index (κ2) is 10.2. The highest BCUT2D eigenvalue weighted by atomic mass is 19.4. The van der Waals surface area contributed by atoms with E-state index >= 15 is 0 Å². The number of carbonyl (C=O) groups is 2. The summed E-state index contributed by atoms with van der Waals surface area (Å²) in [6.45, 7) is 1.91. The lowest BCUT2D eigenvalue weighted by Crippen LogP contribution is -2.38. The molecular formula is C24H23F3N2O4. The second-order valence-electron chi connectivity index (χ2n) is 7.22. The number of methoxy groups -OCH3 is 1. The zero-order valence-corrected chi connectivity index (χ0v) is 18.1. The highest BCUT2D eigenvalue weighted by molar-refractivity contribution is 5.99. The summed E-state index contributed by atoms with van der Waals surface area (Å²) in [6.07, 6.45) is -3.90. The highest BCUT2D eigenvalue weighted by Gasteiger charge is 2.31. The van der Waals surface area contributed by atoms with Crippen LogP contribution in [-0.2, 0) is 11.0 Å². The Balaban J connectivity index is 1.75. The van der Waals surface area contributed by atoms with E-state index in [1.165, 1.54) is 36.3 Å². The summed E-state index contributed by atoms with van der Waals surface area (Å²) in [4.78, 5) is 26.8. The Bertz CT molecular complexity index is 1120. The van der Waals surface area contributed by atoms with Gasteiger partial charge in [-0.15, -0.1) is 0 Å². The van der Waals surface area contributed by atoms with Crippen LogP contribution < -0.4 is 10.1 Å². The van der Waals surface area contributed by atoms with Crippen LogP contribution in [0.3, 0.4) is 0 Å². The zero-order valence-electron chi connectivity index (χ0n) is 18.1. The van der Waals surface area contributed by atoms with Crippen molar-refractivity contribution in [3.05, 3.63) is 72.0 Å². The number of nitrogens with one attached hydrogen (secondary N) is 1. The Morgan fingerprint density at radius 3 is 2.52 bits per heavy atom. The van der Waals surface area contributed by atoms with Crippen molar-refractivity contribution in [3.63, 3.8) is 0 Å². The largest absolute Gasteiger partial charge is 0.495 e. The zero-order chi connectivity index (χ0) is 24.0. The number of nitrogens with zero attached hydrogens (tertiary/aromatic N) is 1. The van der Waals surface area contributed by atoms with Gasteiger partial charge in [-0.25, -0.2) is 0 Å². The fraction of sp³-hybridized carbons (Fsp3) is 0.250. The van der Waals surface area contributed by atoms with Crippen LogP contribution in [0.4, 0.5) is 18.9 Å². The van der Waals surface area contributed by atoms with E-state index in [2.05, 4.69) is 5.32 Å². The first-order valence-electron chi connectivity index (χ1n) is 10.2. The van der Waals surface area contributed by atoms with E-state index in [9.17, 15) is 22.8 Å². The average molecular weight is 460 g/mol. The number of alkyl halides is 3. The van der Waals surface area contributed by atoms with Crippen molar-refractivity contribution in [3.8, 4) is 17.1 Å². The summed E-state index contributed by atoms with van der Waals surface area (Å²) in [6, 6.07) is 14.4. The van der Waals surface area contributed by atoms with E-state index in [4.69, 9.17) is 9.15 Å². The maximum Gasteiger partial charge on any atom is 0.416 e. The van der Waals surface area contributed by atoms with Crippen LogP contribution >= 0.6 is 0 Å². The van der Waals surface area contributed by atoms with Crippen LogP contribution in [0.25, 0.3) is 11.3 Å². The van der Waals surface area contributed by atoms with Crippen molar-refractivity contribution in [2.45, 2.75) is 19.5 Å². The van der Waals surface area contributed by atoms with Crippen LogP contribution in [0.15, 0.2) is 65.1 Å². The van der Waals surface area contributed by atoms with Crippen LogP contribution in [0, 0.1) is 0 Å². The Morgan fingerprint density at radius 2 is 1.82 bits per heavy atom. The lowest BCUT2D eigenvalue weighted by Gasteiger charge is -2.21. The molecule has 6 nitrogen and oxygen atoms in total. The fourth-order valence-corrected chi connectivity index (χ4v) is 3.25. The lowest BCUT2D eigenvalue weighted by atomic mass is 10.1. The van der Waals surface area contributed by atoms with Gasteiger partial charge in [-0.2, -0.15) is 13.2 Å². The normalized spacial score (nSPS) is 11.2. The van der Waals surface area contributed by atoms with Crippen molar-refractivity contribution in [1.29, 1.82) is 0 Å². The Morgan fingerprint density at radius 1 is 1.06 bits per heavy atom. The number of para-hydroxylation sites is 2. The molecule has 0 fully saturated rings. The first kappa shape index (κ1) is 23.9. The lowest BCUT2D eigenvalue weighted by molar-refractivity contribution is -0.137. The predicted octanol–water partition coefficient (Wildman–Crippen LogP) is 5.46. The maximum atomic E-state index is 13.0. The van der Waals surface area contributed by atoms with Crippen molar-refractivity contribution >= 4 is 17.5 Å². The molecular weight excluding hydrogens is 437 g/mol. The molecule has 174 valence electrons. The molecule has 0 unspecified atom stereocenters. The third-order valence-corrected chi connectivity index (χ3v) is 4.79. The molecule has 0 atom stereocenters. The van der Waals surface area contributed by atoms with Gasteiger partial charge in [0.25, 0.3) is 5.91 Å². The fourth-order valence-electron chi connectivity index (χ4n) is 3.25. The molecule has 3 rings (SSSR count). The molecule has 9 heteroatoms. The third kappa shape index (κ3) is 5.94. The number of rotatable bonds is 8. The number of anilines is 1. The van der Waals surface area contributed by atoms with Crippen molar-refractivity contribution < 1.29 is 31.9 Å². The van der Waals surface area contributed by atoms with Gasteiger partial charge in [-0.05, 0) is 42.8 Å². The van der Waals surface area contributed by atoms with E-state index in [0.29, 0.717) is 17.9 Å². The molecule has 0 aliphatic carbocycles. The summed E-state index contributed by atoms with van der Waals surface area (Å²) in [5.41, 5.74) is -0.150. The van der Waals surface area contributed by atoms with Crippen LogP contribution in [0.1, 0.15) is 29.5 Å². The molecule has 2 aromatic carbocycles. The second-order valence-corrected chi connectivity index (χ2v) is 7.22. The monoisotopic (exact) mass is 460 g/mol. The van der Waals surface area contributed by atoms with Gasteiger partial charge in [0.15, 0.2) is 5.76 Å². The summed E-state index contributed by atoms with van der Waals surface area (Å²) in [5, 5.41) is 2.71. The Hall–Kier alpha value is -3.75. The number of ether oxygens (including phenoxy) is 1. The predicted molar refractivity (Wildman–Crippen MR) is 117 cm³/mol. The molecule has 0 saturated carbocycles. The van der Waals surface area contributed by atoms with Gasteiger partial charge in [-0.1, -0.05) is 31.2 Å². The first-order valence-corrected chi connectivity index (χ1v) is 10.2. The summed E-state index contributed by atoms with van der Waals surface area (Å²) in [7, 11) is 1.48. The quantitative estimate of drug-likeness (QED) is 0.484. The summed E-state index contributed by atoms with van der Waals surface area (Å²) >= 11 is 0. The molecule has 1 N–H and O–H groups in total. The topological polar surface area (TPSA) is 71.8 Å². The molecule has 0 aliphatic heterocycles. The highest BCUT2D eigenvalue weighted by Crippen LogP contribution is 2.32. The van der Waals surface area contributed by atoms with Crippen molar-refractivity contribution in [2.24, 2.45) is 0 Å². The van der Waals surface area contributed by atoms with E-state index < -0.39 is 23.6 Å². The number of carbonyl (C=O) groups excluding carboxylic acids is 2. The number of hydrogen-bond donors (Lipinski definition) is 1. The number of hydrogen-bond acceptors (Lipinski definition) is 4. The number of furan rings is 1. The standard InChI is InChI=1S/C24H23F3N2O4/c1-3-13-29(15-22(30)28-18-9-4-5-10-20(18)32-2)23(31)21-12-11-19(33-21)16-7-6-8-17(14-16)24(25,26)27/h4-12,14H,3,13,15H2,1-2H3,(H,28,30). The van der Waals surface area contributed by atoms with Crippen molar-refractivity contribution in [1.82, 2.24) is 4.90 Å². The van der Waals surface area contributed by atoms with Crippen LogP contribution in [-0.4, -0.2) is 36.9 Å². The number of amides is 2. The maximum absolute atomic E-state index is 13.0. The van der Waals surface area contributed by atoms with Gasteiger partial charge in [0.05, 0.1) is 18.4 Å². The summed E-state index contributed by atoms with van der Waals surface area (Å²) in [5.74, 6) is -0.424. The smallest absolute Gasteiger partial charge is 0.416 e. The molecule has 0 spiro atoms. The van der Waals surface area contributed by atoms with Crippen LogP contribution in [0.5, 0.6) is 5.75 Å². The van der Waals surface area contributed by atoms with Gasteiger partial charge in [0.2, 0.25) is 5.91 Å². The van der Waals surface area contributed by atoms with Gasteiger partial charge >= 0.3 is 6.18 Å². The molecule has 33 heavy (non-hydrogen) atoms. The molecule has 2 amide bonds. The van der Waals surface area contributed by atoms with Gasteiger partial charge < -0.3 is 19.4 Å². The first-order chi connectivity index (χ1) is 15.7. The van der Waals surface area contributed by atoms with E-state index in [1.807, 2.05) is 6.92 Å². The van der Waals surface area contributed by atoms with Crippen molar-refractivity contribution in [2.75, 3.05) is 25.5 Å². The Labute approximate surface area is 189 Å². The Kier molecular flexibility index (Phi) is 7.42. The minimum atomic E-state index is -4.49. The molecule has 0 radical (unpaired) electrons. The third-order valence-electron chi connectivity index (χ3n) is 4.79. The molecule has 1 aromatic heterocycles. The minimum absolute atomic E-state index is 0.0686. The number of benzene rings is 2. The molecule has 0 saturated heterocycles. The van der Waals surface area contributed by atoms with E-state index in [1.54, 1.807) is 24.3 Å². The summed E-state index contributed by atoms with van der Waals surface area (Å²) < 4.78 is 49.7. The molecule has 1 heterocycles. The number of halogens is 3. The molecule has 3 aromatic rings. The van der Waals surface area contributed by atoms with Gasteiger partial charge in [-0.3, -0.25) is 9.59 Å². The van der Waals surface area contributed by atoms with Gasteiger partial charge in [0, 0.05) is 12.1 Å². The minimum Gasteiger partial charge on any atom is -0.495 e. The van der Waals surface area contributed by atoms with E-state index in [-0.39, 0.29) is 30.2 Å². The molecule has 0 bridgehead atoms. The van der Waals surface area contributed by atoms with Crippen LogP contribution in [0.2, 0.25) is 0 Å².